The van der Waals surface area contributed by atoms with Gasteiger partial charge in [0.05, 0.1) is 6.61 Å². The molecule has 0 radical (unpaired) electrons. The summed E-state index contributed by atoms with van der Waals surface area (Å²) < 4.78 is 19.6. The highest BCUT2D eigenvalue weighted by Crippen LogP contribution is 2.41. The standard InChI is InChI=1S/C22H24FNO/c1-2-25-22-11-8-18(23)14-21(22)17-12-19-9-10-20(13-17)24(19)15-16-6-4-3-5-7-16/h3-8,11-12,14,19-20H,2,9-10,13,15H2,1H3. The molecule has 2 aromatic rings. The van der Waals surface area contributed by atoms with Gasteiger partial charge in [0, 0.05) is 24.2 Å². The maximum Gasteiger partial charge on any atom is 0.126 e. The van der Waals surface area contributed by atoms with Crippen molar-refractivity contribution in [1.82, 2.24) is 4.90 Å². The van der Waals surface area contributed by atoms with Crippen molar-refractivity contribution in [3.05, 3.63) is 71.6 Å². The highest BCUT2D eigenvalue weighted by Gasteiger charge is 2.37. The van der Waals surface area contributed by atoms with Crippen LogP contribution in [0, 0.1) is 5.82 Å². The number of hydrogen-bond donors (Lipinski definition) is 0. The normalized spacial score (nSPS) is 22.7. The van der Waals surface area contributed by atoms with Gasteiger partial charge in [-0.15, -0.1) is 0 Å². The Hall–Kier alpha value is -2.13. The van der Waals surface area contributed by atoms with Crippen LogP contribution in [0.1, 0.15) is 37.3 Å². The van der Waals surface area contributed by atoms with Crippen molar-refractivity contribution in [2.24, 2.45) is 0 Å². The Morgan fingerprint density at radius 3 is 2.72 bits per heavy atom. The Bertz CT molecular complexity index is 771. The molecule has 4 rings (SSSR count). The van der Waals surface area contributed by atoms with Gasteiger partial charge >= 0.3 is 0 Å². The average Bonchev–Trinajstić information content (AvgIpc) is 2.86. The molecule has 2 atom stereocenters. The molecule has 0 aromatic heterocycles. The summed E-state index contributed by atoms with van der Waals surface area (Å²) in [6.07, 6.45) is 5.69. The van der Waals surface area contributed by atoms with Crippen LogP contribution in [0.15, 0.2) is 54.6 Å². The van der Waals surface area contributed by atoms with E-state index in [2.05, 4.69) is 41.3 Å². The minimum Gasteiger partial charge on any atom is -0.493 e. The summed E-state index contributed by atoms with van der Waals surface area (Å²) in [6, 6.07) is 16.5. The number of fused-ring (bicyclic) bond motifs is 2. The molecule has 130 valence electrons. The lowest BCUT2D eigenvalue weighted by atomic mass is 9.93. The fourth-order valence-corrected chi connectivity index (χ4v) is 4.19. The van der Waals surface area contributed by atoms with Crippen molar-refractivity contribution in [2.45, 2.75) is 44.8 Å². The van der Waals surface area contributed by atoms with Crippen LogP contribution in [-0.4, -0.2) is 23.6 Å². The van der Waals surface area contributed by atoms with Gasteiger partial charge in [-0.3, -0.25) is 4.90 Å². The second-order valence-corrected chi connectivity index (χ2v) is 6.93. The zero-order valence-corrected chi connectivity index (χ0v) is 14.6. The van der Waals surface area contributed by atoms with Crippen molar-refractivity contribution in [3.8, 4) is 5.75 Å². The van der Waals surface area contributed by atoms with Gasteiger partial charge in [-0.05, 0) is 55.5 Å². The quantitative estimate of drug-likeness (QED) is 0.757. The second kappa shape index (κ2) is 7.01. The number of hydrogen-bond acceptors (Lipinski definition) is 2. The van der Waals surface area contributed by atoms with Gasteiger partial charge < -0.3 is 4.74 Å². The lowest BCUT2D eigenvalue weighted by molar-refractivity contribution is 0.203. The van der Waals surface area contributed by atoms with Crippen LogP contribution in [0.25, 0.3) is 5.57 Å². The highest BCUT2D eigenvalue weighted by atomic mass is 19.1. The van der Waals surface area contributed by atoms with Gasteiger partial charge in [-0.2, -0.15) is 0 Å². The van der Waals surface area contributed by atoms with Crippen molar-refractivity contribution < 1.29 is 9.13 Å². The third-order valence-electron chi connectivity index (χ3n) is 5.34. The average molecular weight is 337 g/mol. The number of nitrogens with zero attached hydrogens (tertiary/aromatic N) is 1. The fraction of sp³-hybridized carbons (Fsp3) is 0.364. The zero-order valence-electron chi connectivity index (χ0n) is 14.6. The molecule has 25 heavy (non-hydrogen) atoms. The molecular formula is C22H24FNO. The third kappa shape index (κ3) is 3.34. The zero-order chi connectivity index (χ0) is 17.2. The summed E-state index contributed by atoms with van der Waals surface area (Å²) in [7, 11) is 0. The molecule has 1 saturated heterocycles. The van der Waals surface area contributed by atoms with Crippen LogP contribution in [0.4, 0.5) is 4.39 Å². The molecule has 0 N–H and O–H groups in total. The van der Waals surface area contributed by atoms with E-state index >= 15 is 0 Å². The topological polar surface area (TPSA) is 12.5 Å². The lowest BCUT2D eigenvalue weighted by Gasteiger charge is -2.34. The Morgan fingerprint density at radius 1 is 1.12 bits per heavy atom. The molecule has 2 heterocycles. The highest BCUT2D eigenvalue weighted by molar-refractivity contribution is 5.72. The monoisotopic (exact) mass is 337 g/mol. The summed E-state index contributed by atoms with van der Waals surface area (Å²) >= 11 is 0. The first kappa shape index (κ1) is 16.3. The Kier molecular flexibility index (Phi) is 4.58. The summed E-state index contributed by atoms with van der Waals surface area (Å²) in [5.41, 5.74) is 3.52. The van der Waals surface area contributed by atoms with E-state index in [0.29, 0.717) is 18.7 Å². The van der Waals surface area contributed by atoms with E-state index in [1.165, 1.54) is 30.0 Å². The molecule has 0 aliphatic carbocycles. The molecular weight excluding hydrogens is 313 g/mol. The van der Waals surface area contributed by atoms with Crippen LogP contribution in [0.2, 0.25) is 0 Å². The van der Waals surface area contributed by atoms with E-state index in [4.69, 9.17) is 4.74 Å². The largest absolute Gasteiger partial charge is 0.493 e. The molecule has 2 aromatic carbocycles. The summed E-state index contributed by atoms with van der Waals surface area (Å²) in [5, 5.41) is 0. The van der Waals surface area contributed by atoms with Crippen molar-refractivity contribution in [3.63, 3.8) is 0 Å². The first-order valence-corrected chi connectivity index (χ1v) is 9.17. The summed E-state index contributed by atoms with van der Waals surface area (Å²) in [5.74, 6) is 0.601. The number of rotatable bonds is 5. The summed E-state index contributed by atoms with van der Waals surface area (Å²) in [6.45, 7) is 3.55. The molecule has 2 bridgehead atoms. The van der Waals surface area contributed by atoms with Gasteiger partial charge in [0.15, 0.2) is 0 Å². The van der Waals surface area contributed by atoms with E-state index in [1.807, 2.05) is 6.92 Å². The smallest absolute Gasteiger partial charge is 0.126 e. The minimum atomic E-state index is -0.196. The van der Waals surface area contributed by atoms with Gasteiger partial charge in [0.2, 0.25) is 0 Å². The van der Waals surface area contributed by atoms with Gasteiger partial charge in [0.25, 0.3) is 0 Å². The molecule has 2 aliphatic heterocycles. The van der Waals surface area contributed by atoms with Gasteiger partial charge in [-0.1, -0.05) is 36.4 Å². The minimum absolute atomic E-state index is 0.196. The van der Waals surface area contributed by atoms with Crippen molar-refractivity contribution >= 4 is 5.57 Å². The molecule has 2 nitrogen and oxygen atoms in total. The molecule has 0 spiro atoms. The number of benzene rings is 2. The Morgan fingerprint density at radius 2 is 1.96 bits per heavy atom. The van der Waals surface area contributed by atoms with E-state index in [9.17, 15) is 4.39 Å². The predicted octanol–water partition coefficient (Wildman–Crippen LogP) is 5.04. The number of ether oxygens (including phenoxy) is 1. The Labute approximate surface area is 148 Å². The van der Waals surface area contributed by atoms with Gasteiger partial charge in [0.1, 0.15) is 11.6 Å². The molecule has 2 aliphatic rings. The second-order valence-electron chi connectivity index (χ2n) is 6.93. The maximum absolute atomic E-state index is 13.8. The predicted molar refractivity (Wildman–Crippen MR) is 99.0 cm³/mol. The van der Waals surface area contributed by atoms with Crippen LogP contribution < -0.4 is 4.74 Å². The first-order chi connectivity index (χ1) is 12.2. The molecule has 2 unspecified atom stereocenters. The first-order valence-electron chi connectivity index (χ1n) is 9.17. The van der Waals surface area contributed by atoms with Crippen molar-refractivity contribution in [2.75, 3.05) is 6.61 Å². The molecule has 0 saturated carbocycles. The summed E-state index contributed by atoms with van der Waals surface area (Å²) in [4.78, 5) is 2.60. The SMILES string of the molecule is CCOc1ccc(F)cc1C1=CC2CCC(C1)N2Cc1ccccc1. The van der Waals surface area contributed by atoms with Gasteiger partial charge in [-0.25, -0.2) is 4.39 Å². The third-order valence-corrected chi connectivity index (χ3v) is 5.34. The number of halogens is 1. The van der Waals surface area contributed by atoms with E-state index in [1.54, 1.807) is 12.1 Å². The molecule has 3 heteroatoms. The van der Waals surface area contributed by atoms with Crippen LogP contribution in [-0.2, 0) is 6.54 Å². The van der Waals surface area contributed by atoms with Crippen LogP contribution in [0.3, 0.4) is 0 Å². The fourth-order valence-electron chi connectivity index (χ4n) is 4.19. The molecule has 1 fully saturated rings. The van der Waals surface area contributed by atoms with Crippen LogP contribution >= 0.6 is 0 Å². The van der Waals surface area contributed by atoms with E-state index < -0.39 is 0 Å². The van der Waals surface area contributed by atoms with E-state index in [-0.39, 0.29) is 5.82 Å². The lowest BCUT2D eigenvalue weighted by Crippen LogP contribution is -2.37. The van der Waals surface area contributed by atoms with Crippen LogP contribution in [0.5, 0.6) is 5.75 Å². The Balaban J connectivity index is 1.61. The maximum atomic E-state index is 13.8. The van der Waals surface area contributed by atoms with E-state index in [0.717, 1.165) is 24.3 Å². The van der Waals surface area contributed by atoms with Crippen molar-refractivity contribution in [1.29, 1.82) is 0 Å². The molecule has 0 amide bonds.